The molecule has 4 rings (SSSR count). The molecule has 0 aromatic heterocycles. The van der Waals surface area contributed by atoms with Crippen LogP contribution in [0.2, 0.25) is 0 Å². The lowest BCUT2D eigenvalue weighted by atomic mass is 9.87. The highest BCUT2D eigenvalue weighted by atomic mass is 19.1. The summed E-state index contributed by atoms with van der Waals surface area (Å²) in [5.74, 6) is -0.430. The highest BCUT2D eigenvalue weighted by molar-refractivity contribution is 5.82. The van der Waals surface area contributed by atoms with Crippen molar-refractivity contribution in [2.75, 3.05) is 6.54 Å². The number of halogens is 1. The summed E-state index contributed by atoms with van der Waals surface area (Å²) in [6.07, 6.45) is 0.115. The molecule has 180 valence electrons. The second-order valence-electron chi connectivity index (χ2n) is 9.78. The van der Waals surface area contributed by atoms with Gasteiger partial charge in [-0.1, -0.05) is 43.0 Å². The number of fused-ring (bicyclic) bond motifs is 1. The molecule has 7 heteroatoms. The van der Waals surface area contributed by atoms with Crippen LogP contribution in [0.15, 0.2) is 60.8 Å². The first-order valence-corrected chi connectivity index (χ1v) is 11.6. The number of hydrogen-bond acceptors (Lipinski definition) is 4. The molecule has 0 saturated carbocycles. The number of ether oxygens (including phenoxy) is 2. The van der Waals surface area contributed by atoms with E-state index in [1.54, 1.807) is 32.9 Å². The summed E-state index contributed by atoms with van der Waals surface area (Å²) in [5, 5.41) is 2.63. The molecule has 0 aliphatic carbocycles. The molecule has 0 spiro atoms. The van der Waals surface area contributed by atoms with Gasteiger partial charge < -0.3 is 14.4 Å². The van der Waals surface area contributed by atoms with Crippen LogP contribution >= 0.6 is 0 Å². The third-order valence-corrected chi connectivity index (χ3v) is 6.10. The van der Waals surface area contributed by atoms with Crippen LogP contribution in [0.25, 0.3) is 0 Å². The molecule has 0 unspecified atom stereocenters. The zero-order chi connectivity index (χ0) is 24.5. The van der Waals surface area contributed by atoms with Gasteiger partial charge in [0.05, 0.1) is 12.1 Å². The summed E-state index contributed by atoms with van der Waals surface area (Å²) in [6, 6.07) is 14.0. The highest BCUT2D eigenvalue weighted by Gasteiger charge is 2.40. The Hall–Kier alpha value is -3.19. The lowest BCUT2D eigenvalue weighted by molar-refractivity contribution is -0.144. The standard InChI is InChI=1S/C27H31FN2O4/c1-17(29-26(32)34-27(2,3)4)22-13-14-23(33-22)25(31)30-16-15-18-7-5-6-8-21(18)24(30)19-9-11-20(28)12-10-19/h5-12,22-24H,1,13-16H2,2-4H3,(H,29,32)/t22-,23-,24+/m1/s1. The second kappa shape index (κ2) is 9.58. The first-order valence-electron chi connectivity index (χ1n) is 11.6. The first kappa shape index (κ1) is 24.0. The topological polar surface area (TPSA) is 67.9 Å². The van der Waals surface area contributed by atoms with E-state index in [0.717, 1.165) is 17.5 Å². The van der Waals surface area contributed by atoms with E-state index in [-0.39, 0.29) is 17.8 Å². The number of nitrogens with one attached hydrogen (secondary N) is 1. The molecule has 6 nitrogen and oxygen atoms in total. The van der Waals surface area contributed by atoms with Crippen LogP contribution in [0, 0.1) is 5.82 Å². The minimum atomic E-state index is -0.643. The van der Waals surface area contributed by atoms with Crippen molar-refractivity contribution in [2.24, 2.45) is 0 Å². The van der Waals surface area contributed by atoms with Gasteiger partial charge in [-0.25, -0.2) is 9.18 Å². The van der Waals surface area contributed by atoms with E-state index in [1.165, 1.54) is 17.7 Å². The van der Waals surface area contributed by atoms with Gasteiger partial charge in [0.1, 0.15) is 17.5 Å². The van der Waals surface area contributed by atoms with E-state index in [4.69, 9.17) is 9.47 Å². The summed E-state index contributed by atoms with van der Waals surface area (Å²) in [7, 11) is 0. The number of amides is 2. The van der Waals surface area contributed by atoms with E-state index < -0.39 is 23.9 Å². The van der Waals surface area contributed by atoms with Crippen molar-refractivity contribution in [3.05, 3.63) is 83.3 Å². The van der Waals surface area contributed by atoms with Crippen molar-refractivity contribution >= 4 is 12.0 Å². The fraction of sp³-hybridized carbons (Fsp3) is 0.407. The number of carbonyl (C=O) groups excluding carboxylic acids is 2. The summed E-state index contributed by atoms with van der Waals surface area (Å²) in [4.78, 5) is 27.5. The Morgan fingerprint density at radius 1 is 1.09 bits per heavy atom. The molecular formula is C27H31FN2O4. The molecule has 1 fully saturated rings. The summed E-state index contributed by atoms with van der Waals surface area (Å²) < 4.78 is 24.9. The van der Waals surface area contributed by atoms with Crippen LogP contribution in [0.3, 0.4) is 0 Å². The number of carbonyl (C=O) groups is 2. The van der Waals surface area contributed by atoms with Gasteiger partial charge in [-0.3, -0.25) is 10.1 Å². The Morgan fingerprint density at radius 3 is 2.47 bits per heavy atom. The molecule has 0 radical (unpaired) electrons. The van der Waals surface area contributed by atoms with E-state index >= 15 is 0 Å². The third-order valence-electron chi connectivity index (χ3n) is 6.10. The van der Waals surface area contributed by atoms with Crippen molar-refractivity contribution in [1.29, 1.82) is 0 Å². The molecule has 2 aliphatic rings. The van der Waals surface area contributed by atoms with Gasteiger partial charge >= 0.3 is 6.09 Å². The highest BCUT2D eigenvalue weighted by Crippen LogP contribution is 2.37. The van der Waals surface area contributed by atoms with Gasteiger partial charge in [0, 0.05) is 12.2 Å². The van der Waals surface area contributed by atoms with Crippen molar-refractivity contribution < 1.29 is 23.5 Å². The number of nitrogens with zero attached hydrogens (tertiary/aromatic N) is 1. The largest absolute Gasteiger partial charge is 0.444 e. The maximum atomic E-state index is 13.6. The first-order chi connectivity index (χ1) is 16.1. The fourth-order valence-corrected chi connectivity index (χ4v) is 4.58. The molecule has 1 N–H and O–H groups in total. The normalized spacial score (nSPS) is 22.1. The molecule has 3 atom stereocenters. The van der Waals surface area contributed by atoms with Gasteiger partial charge in [-0.15, -0.1) is 0 Å². The van der Waals surface area contributed by atoms with Gasteiger partial charge in [-0.05, 0) is 68.9 Å². The number of hydrogen-bond donors (Lipinski definition) is 1. The number of alkyl carbamates (subject to hydrolysis) is 1. The van der Waals surface area contributed by atoms with Crippen molar-refractivity contribution in [1.82, 2.24) is 10.2 Å². The Bertz CT molecular complexity index is 1080. The van der Waals surface area contributed by atoms with E-state index in [2.05, 4.69) is 18.0 Å². The van der Waals surface area contributed by atoms with E-state index in [0.29, 0.717) is 25.1 Å². The zero-order valence-electron chi connectivity index (χ0n) is 19.8. The summed E-state index contributed by atoms with van der Waals surface area (Å²) in [5.41, 5.74) is 2.83. The predicted molar refractivity (Wildman–Crippen MR) is 127 cm³/mol. The van der Waals surface area contributed by atoms with Crippen LogP contribution in [0.4, 0.5) is 9.18 Å². The molecule has 2 aliphatic heterocycles. The van der Waals surface area contributed by atoms with Crippen LogP contribution in [-0.2, 0) is 20.7 Å². The Balaban J connectivity index is 1.49. The Kier molecular flexibility index (Phi) is 6.75. The van der Waals surface area contributed by atoms with Crippen LogP contribution < -0.4 is 5.32 Å². The van der Waals surface area contributed by atoms with Gasteiger partial charge in [0.15, 0.2) is 0 Å². The molecule has 1 saturated heterocycles. The van der Waals surface area contributed by atoms with Crippen LogP contribution in [-0.4, -0.2) is 41.3 Å². The second-order valence-corrected chi connectivity index (χ2v) is 9.78. The molecule has 2 amide bonds. The van der Waals surface area contributed by atoms with Gasteiger partial charge in [0.25, 0.3) is 5.91 Å². The smallest absolute Gasteiger partial charge is 0.411 e. The van der Waals surface area contributed by atoms with E-state index in [9.17, 15) is 14.0 Å². The SMILES string of the molecule is C=C(NC(=O)OC(C)(C)C)[C@H]1CC[C@H](C(=O)N2CCc3ccccc3[C@@H]2c2ccc(F)cc2)O1. The maximum Gasteiger partial charge on any atom is 0.411 e. The molecular weight excluding hydrogens is 435 g/mol. The fourth-order valence-electron chi connectivity index (χ4n) is 4.58. The van der Waals surface area contributed by atoms with Crippen molar-refractivity contribution in [3.8, 4) is 0 Å². The van der Waals surface area contributed by atoms with Gasteiger partial charge in [0.2, 0.25) is 0 Å². The average molecular weight is 467 g/mol. The quantitative estimate of drug-likeness (QED) is 0.697. The Labute approximate surface area is 199 Å². The Morgan fingerprint density at radius 2 is 1.76 bits per heavy atom. The lowest BCUT2D eigenvalue weighted by Gasteiger charge is -2.39. The zero-order valence-corrected chi connectivity index (χ0v) is 19.8. The van der Waals surface area contributed by atoms with Crippen LogP contribution in [0.5, 0.6) is 0 Å². The average Bonchev–Trinajstić information content (AvgIpc) is 3.28. The number of benzene rings is 2. The molecule has 0 bridgehead atoms. The minimum Gasteiger partial charge on any atom is -0.444 e. The number of rotatable bonds is 4. The molecule has 2 aromatic rings. The molecule has 2 aromatic carbocycles. The van der Waals surface area contributed by atoms with E-state index in [1.807, 2.05) is 23.1 Å². The lowest BCUT2D eigenvalue weighted by Crippen LogP contribution is -2.45. The summed E-state index contributed by atoms with van der Waals surface area (Å²) in [6.45, 7) is 9.80. The summed E-state index contributed by atoms with van der Waals surface area (Å²) >= 11 is 0. The minimum absolute atomic E-state index is 0.114. The van der Waals surface area contributed by atoms with Crippen LogP contribution in [0.1, 0.15) is 56.3 Å². The van der Waals surface area contributed by atoms with Gasteiger partial charge in [-0.2, -0.15) is 0 Å². The maximum absolute atomic E-state index is 13.6. The van der Waals surface area contributed by atoms with Crippen molar-refractivity contribution in [2.45, 2.75) is 63.9 Å². The predicted octanol–water partition coefficient (Wildman–Crippen LogP) is 4.89. The molecule has 2 heterocycles. The monoisotopic (exact) mass is 466 g/mol. The third kappa shape index (κ3) is 5.30. The molecule has 34 heavy (non-hydrogen) atoms. The van der Waals surface area contributed by atoms with Crippen molar-refractivity contribution in [3.63, 3.8) is 0 Å².